The summed E-state index contributed by atoms with van der Waals surface area (Å²) in [5, 5.41) is 8.14. The van der Waals surface area contributed by atoms with E-state index in [1.807, 2.05) is 16.8 Å². The standard InChI is InChI=1S/C14H12N4O4S2/c1-21-12(20)5-9-4-10(19)16-14(15-9)24-7-11-17-13(18-22-11)8-2-3-23-6-8/h2-4,6H,5,7H2,1H3,(H,15,16,19). The zero-order chi connectivity index (χ0) is 16.9. The van der Waals surface area contributed by atoms with Crippen molar-refractivity contribution in [1.82, 2.24) is 20.1 Å². The van der Waals surface area contributed by atoms with Gasteiger partial charge in [-0.3, -0.25) is 9.59 Å². The number of nitrogens with one attached hydrogen (secondary N) is 1. The first-order valence-electron chi connectivity index (χ1n) is 6.79. The lowest BCUT2D eigenvalue weighted by atomic mass is 10.3. The SMILES string of the molecule is COC(=O)Cc1cc(=O)[nH]c(SCc2nc(-c3ccsc3)no2)n1. The zero-order valence-electron chi connectivity index (χ0n) is 12.5. The van der Waals surface area contributed by atoms with E-state index in [0.717, 1.165) is 5.56 Å². The third kappa shape index (κ3) is 4.09. The number of nitrogens with zero attached hydrogens (tertiary/aromatic N) is 3. The molecule has 0 atom stereocenters. The maximum atomic E-state index is 11.6. The molecule has 0 amide bonds. The smallest absolute Gasteiger partial charge is 0.311 e. The fourth-order valence-electron chi connectivity index (χ4n) is 1.81. The van der Waals surface area contributed by atoms with Crippen LogP contribution in [-0.4, -0.2) is 33.2 Å². The summed E-state index contributed by atoms with van der Waals surface area (Å²) < 4.78 is 9.75. The van der Waals surface area contributed by atoms with Gasteiger partial charge in [0.05, 0.1) is 25.0 Å². The van der Waals surface area contributed by atoms with Crippen LogP contribution in [0.25, 0.3) is 11.4 Å². The molecular formula is C14H12N4O4S2. The quantitative estimate of drug-likeness (QED) is 0.401. The molecule has 1 N–H and O–H groups in total. The molecule has 10 heteroatoms. The number of hydrogen-bond donors (Lipinski definition) is 1. The van der Waals surface area contributed by atoms with Crippen molar-refractivity contribution in [2.24, 2.45) is 0 Å². The van der Waals surface area contributed by atoms with E-state index in [1.54, 1.807) is 11.3 Å². The molecule has 0 radical (unpaired) electrons. The van der Waals surface area contributed by atoms with Gasteiger partial charge in [0.1, 0.15) is 0 Å². The van der Waals surface area contributed by atoms with E-state index >= 15 is 0 Å². The second kappa shape index (κ2) is 7.41. The van der Waals surface area contributed by atoms with Gasteiger partial charge < -0.3 is 14.2 Å². The summed E-state index contributed by atoms with van der Waals surface area (Å²) in [5.41, 5.74) is 0.903. The Balaban J connectivity index is 1.68. The van der Waals surface area contributed by atoms with Crippen molar-refractivity contribution < 1.29 is 14.1 Å². The summed E-state index contributed by atoms with van der Waals surface area (Å²) in [4.78, 5) is 34.0. The molecule has 3 rings (SSSR count). The van der Waals surface area contributed by atoms with Crippen molar-refractivity contribution in [1.29, 1.82) is 0 Å². The molecule has 0 unspecified atom stereocenters. The molecule has 3 aromatic heterocycles. The molecule has 0 fully saturated rings. The van der Waals surface area contributed by atoms with Gasteiger partial charge in [0.2, 0.25) is 11.7 Å². The van der Waals surface area contributed by atoms with Crippen LogP contribution in [0.3, 0.4) is 0 Å². The Hall–Kier alpha value is -2.46. The van der Waals surface area contributed by atoms with E-state index in [0.29, 0.717) is 28.3 Å². The molecule has 0 spiro atoms. The first-order valence-corrected chi connectivity index (χ1v) is 8.72. The minimum absolute atomic E-state index is 0.0587. The van der Waals surface area contributed by atoms with Crippen LogP contribution >= 0.6 is 23.1 Å². The third-order valence-corrected chi connectivity index (χ3v) is 4.45. The number of aromatic amines is 1. The number of thioether (sulfide) groups is 1. The number of rotatable bonds is 6. The largest absolute Gasteiger partial charge is 0.469 e. The number of esters is 1. The van der Waals surface area contributed by atoms with Crippen LogP contribution < -0.4 is 5.56 Å². The maximum absolute atomic E-state index is 11.6. The molecule has 0 saturated carbocycles. The van der Waals surface area contributed by atoms with Gasteiger partial charge in [-0.15, -0.1) is 0 Å². The highest BCUT2D eigenvalue weighted by molar-refractivity contribution is 7.98. The molecule has 3 heterocycles. The topological polar surface area (TPSA) is 111 Å². The van der Waals surface area contributed by atoms with E-state index in [4.69, 9.17) is 4.52 Å². The van der Waals surface area contributed by atoms with Crippen LogP contribution in [0.15, 0.2) is 37.4 Å². The summed E-state index contributed by atoms with van der Waals surface area (Å²) in [7, 11) is 1.28. The number of ether oxygens (including phenoxy) is 1. The maximum Gasteiger partial charge on any atom is 0.311 e. The van der Waals surface area contributed by atoms with Crippen LogP contribution in [0.5, 0.6) is 0 Å². The summed E-state index contributed by atoms with van der Waals surface area (Å²) >= 11 is 2.78. The Morgan fingerprint density at radius 2 is 2.33 bits per heavy atom. The predicted octanol–water partition coefficient (Wildman–Crippen LogP) is 1.89. The van der Waals surface area contributed by atoms with Crippen LogP contribution in [0, 0.1) is 0 Å². The predicted molar refractivity (Wildman–Crippen MR) is 87.7 cm³/mol. The van der Waals surface area contributed by atoms with Gasteiger partial charge in [0.15, 0.2) is 5.16 Å². The number of carbonyl (C=O) groups excluding carboxylic acids is 1. The van der Waals surface area contributed by atoms with Gasteiger partial charge in [-0.2, -0.15) is 16.3 Å². The molecule has 3 aromatic rings. The zero-order valence-corrected chi connectivity index (χ0v) is 14.1. The number of H-pyrrole nitrogens is 1. The van der Waals surface area contributed by atoms with Gasteiger partial charge in [-0.05, 0) is 11.4 Å². The highest BCUT2D eigenvalue weighted by Gasteiger charge is 2.11. The van der Waals surface area contributed by atoms with Crippen molar-refractivity contribution in [2.75, 3.05) is 7.11 Å². The average Bonchev–Trinajstić information content (AvgIpc) is 3.23. The lowest BCUT2D eigenvalue weighted by Gasteiger charge is -2.02. The highest BCUT2D eigenvalue weighted by atomic mass is 32.2. The number of methoxy groups -OCH3 is 1. The van der Waals surface area contributed by atoms with Gasteiger partial charge in [0, 0.05) is 17.0 Å². The molecule has 0 saturated heterocycles. The van der Waals surface area contributed by atoms with Crippen LogP contribution in [-0.2, 0) is 21.7 Å². The molecule has 0 aliphatic heterocycles. The number of aromatic nitrogens is 4. The van der Waals surface area contributed by atoms with E-state index in [9.17, 15) is 9.59 Å². The van der Waals surface area contributed by atoms with Gasteiger partial charge >= 0.3 is 5.97 Å². The molecule has 24 heavy (non-hydrogen) atoms. The number of thiophene rings is 1. The molecule has 8 nitrogen and oxygen atoms in total. The second-order valence-corrected chi connectivity index (χ2v) is 6.35. The Labute approximate surface area is 144 Å². The van der Waals surface area contributed by atoms with Gasteiger partial charge in [-0.25, -0.2) is 4.98 Å². The van der Waals surface area contributed by atoms with E-state index < -0.39 is 5.97 Å². The monoisotopic (exact) mass is 364 g/mol. The average molecular weight is 364 g/mol. The molecule has 0 aromatic carbocycles. The molecule has 0 bridgehead atoms. The molecular weight excluding hydrogens is 352 g/mol. The van der Waals surface area contributed by atoms with Crippen LogP contribution in [0.4, 0.5) is 0 Å². The van der Waals surface area contributed by atoms with E-state index in [2.05, 4.69) is 24.8 Å². The van der Waals surface area contributed by atoms with Gasteiger partial charge in [0.25, 0.3) is 5.56 Å². The van der Waals surface area contributed by atoms with Crippen molar-refractivity contribution in [3.63, 3.8) is 0 Å². The van der Waals surface area contributed by atoms with Crippen molar-refractivity contribution in [3.05, 3.63) is 44.8 Å². The fourth-order valence-corrected chi connectivity index (χ4v) is 3.18. The number of carbonyl (C=O) groups is 1. The van der Waals surface area contributed by atoms with Crippen molar-refractivity contribution in [3.8, 4) is 11.4 Å². The first-order chi connectivity index (χ1) is 11.6. The Morgan fingerprint density at radius 3 is 3.08 bits per heavy atom. The summed E-state index contributed by atoms with van der Waals surface area (Å²) in [5.74, 6) is 0.832. The highest BCUT2D eigenvalue weighted by Crippen LogP contribution is 2.22. The van der Waals surface area contributed by atoms with E-state index in [1.165, 1.54) is 24.9 Å². The number of hydrogen-bond acceptors (Lipinski definition) is 9. The lowest BCUT2D eigenvalue weighted by Crippen LogP contribution is -2.13. The second-order valence-electron chi connectivity index (χ2n) is 4.61. The first kappa shape index (κ1) is 16.4. The Morgan fingerprint density at radius 1 is 1.46 bits per heavy atom. The minimum atomic E-state index is -0.457. The van der Waals surface area contributed by atoms with Gasteiger partial charge in [-0.1, -0.05) is 16.9 Å². The normalized spacial score (nSPS) is 10.7. The minimum Gasteiger partial charge on any atom is -0.469 e. The molecule has 124 valence electrons. The Kier molecular flexibility index (Phi) is 5.06. The fraction of sp³-hybridized carbons (Fsp3) is 0.214. The van der Waals surface area contributed by atoms with E-state index in [-0.39, 0.29) is 12.0 Å². The van der Waals surface area contributed by atoms with Crippen molar-refractivity contribution >= 4 is 29.1 Å². The van der Waals surface area contributed by atoms with Crippen LogP contribution in [0.2, 0.25) is 0 Å². The lowest BCUT2D eigenvalue weighted by molar-refractivity contribution is -0.139. The summed E-state index contributed by atoms with van der Waals surface area (Å²) in [6.45, 7) is 0. The van der Waals surface area contributed by atoms with Crippen molar-refractivity contribution in [2.45, 2.75) is 17.3 Å². The molecule has 0 aliphatic rings. The molecule has 0 aliphatic carbocycles. The summed E-state index contributed by atoms with van der Waals surface area (Å²) in [6.07, 6.45) is -0.0587. The Bertz CT molecular complexity index is 888. The third-order valence-electron chi connectivity index (χ3n) is 2.91. The summed E-state index contributed by atoms with van der Waals surface area (Å²) in [6, 6.07) is 3.17. The van der Waals surface area contributed by atoms with Crippen LogP contribution in [0.1, 0.15) is 11.6 Å².